The molecule has 2 aromatic rings. The molecule has 0 saturated heterocycles. The molecule has 98 valence electrons. The SMILES string of the molecule is C=CCOc1ccc2c(C)cc(=O)[nH]c2c1CC=C. The van der Waals surface area contributed by atoms with Crippen molar-refractivity contribution in [2.75, 3.05) is 6.61 Å². The van der Waals surface area contributed by atoms with E-state index in [4.69, 9.17) is 4.74 Å². The maximum absolute atomic E-state index is 11.6. The lowest BCUT2D eigenvalue weighted by molar-refractivity contribution is 0.360. The molecule has 0 spiro atoms. The zero-order chi connectivity index (χ0) is 13.8. The summed E-state index contributed by atoms with van der Waals surface area (Å²) in [5, 5.41) is 1.03. The van der Waals surface area contributed by atoms with Gasteiger partial charge >= 0.3 is 0 Å². The normalized spacial score (nSPS) is 10.4. The highest BCUT2D eigenvalue weighted by molar-refractivity contribution is 5.86. The Morgan fingerprint density at radius 3 is 2.79 bits per heavy atom. The number of fused-ring (bicyclic) bond motifs is 1. The zero-order valence-electron chi connectivity index (χ0n) is 11.0. The van der Waals surface area contributed by atoms with Gasteiger partial charge in [0.15, 0.2) is 0 Å². The first-order valence-corrected chi connectivity index (χ1v) is 6.17. The van der Waals surface area contributed by atoms with Crippen LogP contribution in [0.3, 0.4) is 0 Å². The van der Waals surface area contributed by atoms with Crippen LogP contribution in [0.15, 0.2) is 48.3 Å². The smallest absolute Gasteiger partial charge is 0.248 e. The first kappa shape index (κ1) is 13.1. The van der Waals surface area contributed by atoms with Gasteiger partial charge < -0.3 is 9.72 Å². The number of aromatic nitrogens is 1. The van der Waals surface area contributed by atoms with Gasteiger partial charge in [0.25, 0.3) is 0 Å². The molecule has 1 N–H and O–H groups in total. The second kappa shape index (κ2) is 5.57. The number of ether oxygens (including phenoxy) is 1. The highest BCUT2D eigenvalue weighted by Gasteiger charge is 2.10. The third kappa shape index (κ3) is 2.60. The lowest BCUT2D eigenvalue weighted by Gasteiger charge is -2.13. The van der Waals surface area contributed by atoms with Crippen molar-refractivity contribution in [2.24, 2.45) is 0 Å². The minimum Gasteiger partial charge on any atom is -0.489 e. The van der Waals surface area contributed by atoms with Gasteiger partial charge in [-0.2, -0.15) is 0 Å². The predicted octanol–water partition coefficient (Wildman–Crippen LogP) is 3.13. The number of H-pyrrole nitrogens is 1. The predicted molar refractivity (Wildman–Crippen MR) is 78.9 cm³/mol. The molecule has 0 aliphatic heterocycles. The number of rotatable bonds is 5. The molecule has 3 heteroatoms. The van der Waals surface area contributed by atoms with Gasteiger partial charge in [-0.3, -0.25) is 4.79 Å². The zero-order valence-corrected chi connectivity index (χ0v) is 11.0. The van der Waals surface area contributed by atoms with Crippen molar-refractivity contribution in [2.45, 2.75) is 13.3 Å². The summed E-state index contributed by atoms with van der Waals surface area (Å²) >= 11 is 0. The topological polar surface area (TPSA) is 42.1 Å². The van der Waals surface area contributed by atoms with Crippen LogP contribution in [-0.2, 0) is 6.42 Å². The molecule has 1 aromatic carbocycles. The highest BCUT2D eigenvalue weighted by atomic mass is 16.5. The second-order valence-electron chi connectivity index (χ2n) is 4.37. The van der Waals surface area contributed by atoms with Gasteiger partial charge in [-0.25, -0.2) is 0 Å². The number of hydrogen-bond donors (Lipinski definition) is 1. The molecule has 0 aliphatic carbocycles. The van der Waals surface area contributed by atoms with Crippen LogP contribution in [-0.4, -0.2) is 11.6 Å². The number of benzene rings is 1. The van der Waals surface area contributed by atoms with Crippen LogP contribution in [0.4, 0.5) is 0 Å². The van der Waals surface area contributed by atoms with Crippen molar-refractivity contribution in [1.29, 1.82) is 0 Å². The molecule has 2 rings (SSSR count). The third-order valence-electron chi connectivity index (χ3n) is 3.00. The van der Waals surface area contributed by atoms with E-state index in [0.29, 0.717) is 13.0 Å². The van der Waals surface area contributed by atoms with Gasteiger partial charge in [-0.15, -0.1) is 6.58 Å². The molecule has 1 heterocycles. The van der Waals surface area contributed by atoms with E-state index in [9.17, 15) is 4.79 Å². The fourth-order valence-corrected chi connectivity index (χ4v) is 2.16. The molecule has 0 amide bonds. The Morgan fingerprint density at radius 1 is 1.32 bits per heavy atom. The van der Waals surface area contributed by atoms with E-state index in [1.807, 2.05) is 19.1 Å². The fourth-order valence-electron chi connectivity index (χ4n) is 2.16. The van der Waals surface area contributed by atoms with E-state index in [0.717, 1.165) is 27.8 Å². The van der Waals surface area contributed by atoms with E-state index in [1.165, 1.54) is 0 Å². The van der Waals surface area contributed by atoms with E-state index in [-0.39, 0.29) is 5.56 Å². The molecule has 0 aliphatic rings. The Morgan fingerprint density at radius 2 is 2.11 bits per heavy atom. The quantitative estimate of drug-likeness (QED) is 0.834. The summed E-state index contributed by atoms with van der Waals surface area (Å²) in [5.41, 5.74) is 2.64. The molecule has 1 aromatic heterocycles. The minimum atomic E-state index is -0.101. The van der Waals surface area contributed by atoms with Crippen LogP contribution in [0.5, 0.6) is 5.75 Å². The van der Waals surface area contributed by atoms with Gasteiger partial charge in [0.2, 0.25) is 5.56 Å². The fraction of sp³-hybridized carbons (Fsp3) is 0.188. The molecule has 3 nitrogen and oxygen atoms in total. The average Bonchev–Trinajstić information content (AvgIpc) is 2.38. The number of allylic oxidation sites excluding steroid dienone is 1. The molecule has 19 heavy (non-hydrogen) atoms. The Labute approximate surface area is 112 Å². The first-order chi connectivity index (χ1) is 9.17. The summed E-state index contributed by atoms with van der Waals surface area (Å²) in [5.74, 6) is 0.758. The van der Waals surface area contributed by atoms with Crippen LogP contribution >= 0.6 is 0 Å². The van der Waals surface area contributed by atoms with Crippen molar-refractivity contribution >= 4 is 10.9 Å². The van der Waals surface area contributed by atoms with Crippen LogP contribution in [0, 0.1) is 6.92 Å². The molecular weight excluding hydrogens is 238 g/mol. The maximum atomic E-state index is 11.6. The number of aryl methyl sites for hydroxylation is 1. The Balaban J connectivity index is 2.71. The summed E-state index contributed by atoms with van der Waals surface area (Å²) in [7, 11) is 0. The molecule has 0 fully saturated rings. The van der Waals surface area contributed by atoms with Gasteiger partial charge in [-0.05, 0) is 31.0 Å². The maximum Gasteiger partial charge on any atom is 0.248 e. The van der Waals surface area contributed by atoms with Crippen molar-refractivity contribution in [3.05, 3.63) is 65.0 Å². The van der Waals surface area contributed by atoms with Crippen LogP contribution in [0.2, 0.25) is 0 Å². The Bertz CT molecular complexity index is 683. The molecule has 0 bridgehead atoms. The van der Waals surface area contributed by atoms with Crippen LogP contribution in [0.1, 0.15) is 11.1 Å². The molecule has 0 unspecified atom stereocenters. The van der Waals surface area contributed by atoms with Crippen molar-refractivity contribution < 1.29 is 4.74 Å². The average molecular weight is 255 g/mol. The molecule has 0 radical (unpaired) electrons. The summed E-state index contributed by atoms with van der Waals surface area (Å²) in [4.78, 5) is 14.5. The number of pyridine rings is 1. The van der Waals surface area contributed by atoms with Gasteiger partial charge in [0.1, 0.15) is 12.4 Å². The first-order valence-electron chi connectivity index (χ1n) is 6.17. The Kier molecular flexibility index (Phi) is 3.85. The second-order valence-corrected chi connectivity index (χ2v) is 4.37. The lowest BCUT2D eigenvalue weighted by atomic mass is 10.0. The minimum absolute atomic E-state index is 0.101. The monoisotopic (exact) mass is 255 g/mol. The summed E-state index contributed by atoms with van der Waals surface area (Å²) in [6, 6.07) is 5.49. The third-order valence-corrected chi connectivity index (χ3v) is 3.00. The Hall–Kier alpha value is -2.29. The standard InChI is InChI=1S/C16H17NO2/c1-4-6-13-14(19-9-5-2)8-7-12-11(3)10-15(18)17-16(12)13/h4-5,7-8,10H,1-2,6,9H2,3H3,(H,17,18). The molecule has 0 atom stereocenters. The lowest BCUT2D eigenvalue weighted by Crippen LogP contribution is -2.08. The van der Waals surface area contributed by atoms with Gasteiger partial charge in [0.05, 0.1) is 5.52 Å². The summed E-state index contributed by atoms with van der Waals surface area (Å²) in [6.45, 7) is 9.77. The van der Waals surface area contributed by atoms with Crippen LogP contribution < -0.4 is 10.3 Å². The number of nitrogens with one attached hydrogen (secondary N) is 1. The van der Waals surface area contributed by atoms with Crippen molar-refractivity contribution in [1.82, 2.24) is 4.98 Å². The number of hydrogen-bond acceptors (Lipinski definition) is 2. The van der Waals surface area contributed by atoms with Crippen molar-refractivity contribution in [3.63, 3.8) is 0 Å². The van der Waals surface area contributed by atoms with E-state index >= 15 is 0 Å². The summed E-state index contributed by atoms with van der Waals surface area (Å²) < 4.78 is 5.64. The van der Waals surface area contributed by atoms with E-state index < -0.39 is 0 Å². The highest BCUT2D eigenvalue weighted by Crippen LogP contribution is 2.28. The largest absolute Gasteiger partial charge is 0.489 e. The van der Waals surface area contributed by atoms with Gasteiger partial charge in [0, 0.05) is 17.0 Å². The molecular formula is C16H17NO2. The van der Waals surface area contributed by atoms with E-state index in [1.54, 1.807) is 18.2 Å². The van der Waals surface area contributed by atoms with E-state index in [2.05, 4.69) is 18.1 Å². The van der Waals surface area contributed by atoms with Gasteiger partial charge in [-0.1, -0.05) is 18.7 Å². The van der Waals surface area contributed by atoms with Crippen molar-refractivity contribution in [3.8, 4) is 5.75 Å². The summed E-state index contributed by atoms with van der Waals surface area (Å²) in [6.07, 6.45) is 4.14. The van der Waals surface area contributed by atoms with Crippen LogP contribution in [0.25, 0.3) is 10.9 Å². The number of aromatic amines is 1. The molecule has 0 saturated carbocycles.